The molecule has 32 heavy (non-hydrogen) atoms. The molecule has 0 saturated carbocycles. The van der Waals surface area contributed by atoms with Crippen LogP contribution in [0.1, 0.15) is 20.3 Å². The number of hydrogen-bond acceptors (Lipinski definition) is 7. The van der Waals surface area contributed by atoms with Gasteiger partial charge in [-0.15, -0.1) is 10.2 Å². The van der Waals surface area contributed by atoms with Gasteiger partial charge in [0.05, 0.1) is 26.5 Å². The molecule has 1 aromatic heterocycles. The Morgan fingerprint density at radius 3 is 2.28 bits per heavy atom. The Morgan fingerprint density at radius 2 is 1.72 bits per heavy atom. The van der Waals surface area contributed by atoms with Crippen LogP contribution in [0.5, 0.6) is 11.5 Å². The molecule has 9 heteroatoms. The average molecular weight is 442 g/mol. The summed E-state index contributed by atoms with van der Waals surface area (Å²) in [7, 11) is 3.20. The molecule has 1 saturated heterocycles. The molecule has 2 aromatic rings. The lowest BCUT2D eigenvalue weighted by atomic mass is 10.1. The number of piperazine rings is 1. The van der Waals surface area contributed by atoms with Crippen LogP contribution in [0.15, 0.2) is 30.3 Å². The molecule has 0 radical (unpaired) electrons. The molecule has 3 rings (SSSR count). The molecule has 1 aliphatic rings. The quantitative estimate of drug-likeness (QED) is 0.620. The van der Waals surface area contributed by atoms with E-state index in [2.05, 4.69) is 15.1 Å². The topological polar surface area (TPSA) is 88.1 Å². The Bertz CT molecular complexity index is 926. The van der Waals surface area contributed by atoms with E-state index in [-0.39, 0.29) is 18.4 Å². The molecule has 0 spiro atoms. The van der Waals surface area contributed by atoms with Crippen LogP contribution in [0.3, 0.4) is 0 Å². The minimum atomic E-state index is -0.0660. The Balaban J connectivity index is 1.59. The number of amides is 2. The summed E-state index contributed by atoms with van der Waals surface area (Å²) in [6.45, 7) is 6.77. The minimum absolute atomic E-state index is 0.0109. The van der Waals surface area contributed by atoms with Crippen LogP contribution < -0.4 is 14.4 Å². The van der Waals surface area contributed by atoms with E-state index in [0.29, 0.717) is 44.2 Å². The van der Waals surface area contributed by atoms with E-state index in [4.69, 9.17) is 9.47 Å². The summed E-state index contributed by atoms with van der Waals surface area (Å²) in [6.07, 6.45) is 0.832. The summed E-state index contributed by atoms with van der Waals surface area (Å²) < 4.78 is 10.6. The third-order valence-electron chi connectivity index (χ3n) is 5.55. The van der Waals surface area contributed by atoms with Crippen LogP contribution in [-0.4, -0.2) is 85.3 Å². The molecule has 1 aromatic carbocycles. The fourth-order valence-corrected chi connectivity index (χ4v) is 3.71. The number of carbonyl (C=O) groups is 2. The average Bonchev–Trinajstić information content (AvgIpc) is 2.83. The van der Waals surface area contributed by atoms with Crippen molar-refractivity contribution < 1.29 is 19.1 Å². The fourth-order valence-electron chi connectivity index (χ4n) is 3.71. The molecule has 1 aliphatic heterocycles. The van der Waals surface area contributed by atoms with Gasteiger partial charge in [-0.25, -0.2) is 0 Å². The van der Waals surface area contributed by atoms with E-state index in [0.717, 1.165) is 23.5 Å². The van der Waals surface area contributed by atoms with Crippen molar-refractivity contribution in [2.75, 3.05) is 58.4 Å². The highest BCUT2D eigenvalue weighted by atomic mass is 16.5. The molecule has 9 nitrogen and oxygen atoms in total. The molecule has 2 amide bonds. The second-order valence-corrected chi connectivity index (χ2v) is 7.65. The first-order valence-electron chi connectivity index (χ1n) is 10.8. The number of aromatic nitrogens is 2. The van der Waals surface area contributed by atoms with E-state index in [1.165, 1.54) is 6.92 Å². The van der Waals surface area contributed by atoms with Gasteiger partial charge in [-0.1, -0.05) is 6.92 Å². The summed E-state index contributed by atoms with van der Waals surface area (Å²) in [5.41, 5.74) is 1.63. The smallest absolute Gasteiger partial charge is 0.242 e. The summed E-state index contributed by atoms with van der Waals surface area (Å²) in [5.74, 6) is 2.00. The van der Waals surface area contributed by atoms with Crippen LogP contribution in [-0.2, 0) is 9.59 Å². The Kier molecular flexibility index (Phi) is 7.86. The van der Waals surface area contributed by atoms with Crippen molar-refractivity contribution in [1.29, 1.82) is 0 Å². The number of methoxy groups -OCH3 is 2. The molecule has 2 heterocycles. The van der Waals surface area contributed by atoms with Gasteiger partial charge in [0.2, 0.25) is 11.8 Å². The number of benzene rings is 1. The standard InChI is InChI=1S/C23H31N5O4/c1-5-10-28(17(2)29)16-23(30)27-13-11-26(12-14-27)22-9-7-19(24-25-22)18-6-8-20(31-3)21(15-18)32-4/h6-9,15H,5,10-14,16H2,1-4H3. The van der Waals surface area contributed by atoms with Gasteiger partial charge in [0.15, 0.2) is 17.3 Å². The highest BCUT2D eigenvalue weighted by Crippen LogP contribution is 2.31. The van der Waals surface area contributed by atoms with Gasteiger partial charge in [-0.3, -0.25) is 9.59 Å². The van der Waals surface area contributed by atoms with Gasteiger partial charge in [0.25, 0.3) is 0 Å². The molecule has 1 fully saturated rings. The SMILES string of the molecule is CCCN(CC(=O)N1CCN(c2ccc(-c3ccc(OC)c(OC)c3)nn2)CC1)C(C)=O. The van der Waals surface area contributed by atoms with E-state index in [9.17, 15) is 9.59 Å². The predicted octanol–water partition coefficient (Wildman–Crippen LogP) is 2.07. The first-order valence-corrected chi connectivity index (χ1v) is 10.8. The number of rotatable bonds is 8. The van der Waals surface area contributed by atoms with Crippen LogP contribution in [0.2, 0.25) is 0 Å². The first-order chi connectivity index (χ1) is 15.5. The Labute approximate surface area is 188 Å². The maximum absolute atomic E-state index is 12.6. The number of carbonyl (C=O) groups excluding carboxylic acids is 2. The van der Waals surface area contributed by atoms with Gasteiger partial charge in [-0.05, 0) is 36.8 Å². The molecule has 172 valence electrons. The zero-order chi connectivity index (χ0) is 23.1. The van der Waals surface area contributed by atoms with Crippen molar-refractivity contribution in [1.82, 2.24) is 20.0 Å². The molecule has 0 unspecified atom stereocenters. The normalized spacial score (nSPS) is 13.6. The summed E-state index contributed by atoms with van der Waals surface area (Å²) in [6, 6.07) is 9.49. The van der Waals surface area contributed by atoms with Gasteiger partial charge >= 0.3 is 0 Å². The highest BCUT2D eigenvalue weighted by Gasteiger charge is 2.24. The summed E-state index contributed by atoms with van der Waals surface area (Å²) in [4.78, 5) is 29.8. The molecule has 0 bridgehead atoms. The summed E-state index contributed by atoms with van der Waals surface area (Å²) in [5, 5.41) is 8.77. The van der Waals surface area contributed by atoms with Crippen molar-refractivity contribution >= 4 is 17.6 Å². The third kappa shape index (κ3) is 5.46. The monoisotopic (exact) mass is 441 g/mol. The van der Waals surface area contributed by atoms with E-state index in [1.807, 2.05) is 42.2 Å². The lowest BCUT2D eigenvalue weighted by molar-refractivity contribution is -0.139. The number of anilines is 1. The maximum Gasteiger partial charge on any atom is 0.242 e. The fraction of sp³-hybridized carbons (Fsp3) is 0.478. The lowest BCUT2D eigenvalue weighted by Crippen LogP contribution is -2.52. The zero-order valence-electron chi connectivity index (χ0n) is 19.2. The zero-order valence-corrected chi connectivity index (χ0v) is 19.2. The highest BCUT2D eigenvalue weighted by molar-refractivity contribution is 5.84. The third-order valence-corrected chi connectivity index (χ3v) is 5.55. The van der Waals surface area contributed by atoms with Gasteiger partial charge in [0.1, 0.15) is 0 Å². The van der Waals surface area contributed by atoms with E-state index < -0.39 is 0 Å². The van der Waals surface area contributed by atoms with E-state index >= 15 is 0 Å². The van der Waals surface area contributed by atoms with Crippen molar-refractivity contribution in [3.8, 4) is 22.8 Å². The van der Waals surface area contributed by atoms with Crippen LogP contribution >= 0.6 is 0 Å². The first kappa shape index (κ1) is 23.3. The maximum atomic E-state index is 12.6. The minimum Gasteiger partial charge on any atom is -0.493 e. The molecule has 0 N–H and O–H groups in total. The largest absolute Gasteiger partial charge is 0.493 e. The molecular weight excluding hydrogens is 410 g/mol. The van der Waals surface area contributed by atoms with Gasteiger partial charge < -0.3 is 24.2 Å². The van der Waals surface area contributed by atoms with Crippen LogP contribution in [0.4, 0.5) is 5.82 Å². The number of ether oxygens (including phenoxy) is 2. The van der Waals surface area contributed by atoms with Crippen molar-refractivity contribution in [3.63, 3.8) is 0 Å². The molecule has 0 aliphatic carbocycles. The lowest BCUT2D eigenvalue weighted by Gasteiger charge is -2.36. The number of hydrogen-bond donors (Lipinski definition) is 0. The molecular formula is C23H31N5O4. The van der Waals surface area contributed by atoms with Crippen molar-refractivity contribution in [2.24, 2.45) is 0 Å². The van der Waals surface area contributed by atoms with Crippen LogP contribution in [0, 0.1) is 0 Å². The van der Waals surface area contributed by atoms with E-state index in [1.54, 1.807) is 19.1 Å². The second-order valence-electron chi connectivity index (χ2n) is 7.65. The van der Waals surface area contributed by atoms with Gasteiger partial charge in [0, 0.05) is 45.2 Å². The van der Waals surface area contributed by atoms with Crippen molar-refractivity contribution in [3.05, 3.63) is 30.3 Å². The summed E-state index contributed by atoms with van der Waals surface area (Å²) >= 11 is 0. The predicted molar refractivity (Wildman–Crippen MR) is 122 cm³/mol. The Hall–Kier alpha value is -3.36. The number of nitrogens with zero attached hydrogens (tertiary/aromatic N) is 5. The second kappa shape index (κ2) is 10.8. The van der Waals surface area contributed by atoms with Crippen LogP contribution in [0.25, 0.3) is 11.3 Å². The Morgan fingerprint density at radius 1 is 1.00 bits per heavy atom. The molecule has 0 atom stereocenters. The van der Waals surface area contributed by atoms with Gasteiger partial charge in [-0.2, -0.15) is 0 Å². The van der Waals surface area contributed by atoms with Crippen molar-refractivity contribution in [2.45, 2.75) is 20.3 Å².